The van der Waals surface area contributed by atoms with E-state index < -0.39 is 26.8 Å². The smallest absolute Gasteiger partial charge is 0.257 e. The standard InChI is InChI=1S/C20H22Cl2FN3O4S/c1-25(5-6-30-2)15-9-13(21)8-14(10-15)24-20(27)17-11-16(12-18(23)19(17)22)26-4-3-7-31(26,28)29/h8-12H,3-7H2,1-2H3,(H,24,27). The largest absolute Gasteiger partial charge is 0.383 e. The average molecular weight is 490 g/mol. The van der Waals surface area contributed by atoms with Crippen molar-refractivity contribution in [2.24, 2.45) is 0 Å². The van der Waals surface area contributed by atoms with Crippen LogP contribution in [0.1, 0.15) is 16.8 Å². The molecule has 0 aromatic heterocycles. The number of halogens is 3. The third kappa shape index (κ3) is 5.41. The number of carbonyl (C=O) groups is 1. The summed E-state index contributed by atoms with van der Waals surface area (Å²) >= 11 is 12.2. The van der Waals surface area contributed by atoms with Crippen LogP contribution >= 0.6 is 23.2 Å². The fourth-order valence-corrected chi connectivity index (χ4v) is 5.21. The fraction of sp³-hybridized carbons (Fsp3) is 0.350. The first-order valence-electron chi connectivity index (χ1n) is 9.44. The highest BCUT2D eigenvalue weighted by Gasteiger charge is 2.30. The number of nitrogens with one attached hydrogen (secondary N) is 1. The van der Waals surface area contributed by atoms with Gasteiger partial charge in [0.25, 0.3) is 5.91 Å². The van der Waals surface area contributed by atoms with E-state index in [1.807, 2.05) is 11.9 Å². The van der Waals surface area contributed by atoms with Crippen molar-refractivity contribution in [3.8, 4) is 0 Å². The number of likely N-dealkylation sites (N-methyl/N-ethyl adjacent to an activating group) is 1. The Morgan fingerprint density at radius 3 is 2.65 bits per heavy atom. The maximum atomic E-state index is 14.4. The zero-order valence-electron chi connectivity index (χ0n) is 17.0. The van der Waals surface area contributed by atoms with Gasteiger partial charge in [-0.3, -0.25) is 9.10 Å². The molecule has 1 aliphatic heterocycles. The molecule has 3 rings (SSSR count). The van der Waals surface area contributed by atoms with Gasteiger partial charge in [-0.25, -0.2) is 12.8 Å². The zero-order valence-corrected chi connectivity index (χ0v) is 19.3. The summed E-state index contributed by atoms with van der Waals surface area (Å²) in [6.45, 7) is 1.33. The summed E-state index contributed by atoms with van der Waals surface area (Å²) in [6, 6.07) is 7.28. The second kappa shape index (κ2) is 9.60. The average Bonchev–Trinajstić information content (AvgIpc) is 3.06. The number of anilines is 3. The van der Waals surface area contributed by atoms with E-state index in [-0.39, 0.29) is 23.5 Å². The Labute approximate surface area is 190 Å². The number of hydrogen-bond acceptors (Lipinski definition) is 5. The van der Waals surface area contributed by atoms with Gasteiger partial charge in [0.2, 0.25) is 10.0 Å². The second-order valence-corrected chi connectivity index (χ2v) is 9.92. The van der Waals surface area contributed by atoms with Gasteiger partial charge < -0.3 is 15.0 Å². The Bertz CT molecular complexity index is 1100. The van der Waals surface area contributed by atoms with Crippen LogP contribution in [0.3, 0.4) is 0 Å². The van der Waals surface area contributed by atoms with Gasteiger partial charge in [0.05, 0.1) is 28.6 Å². The second-order valence-electron chi connectivity index (χ2n) is 7.10. The molecule has 0 aliphatic carbocycles. The number of hydrogen-bond donors (Lipinski definition) is 1. The van der Waals surface area contributed by atoms with E-state index in [0.29, 0.717) is 30.3 Å². The van der Waals surface area contributed by atoms with Gasteiger partial charge in [0.1, 0.15) is 5.82 Å². The molecule has 7 nitrogen and oxygen atoms in total. The van der Waals surface area contributed by atoms with Gasteiger partial charge >= 0.3 is 0 Å². The monoisotopic (exact) mass is 489 g/mol. The molecule has 1 heterocycles. The molecule has 1 fully saturated rings. The lowest BCUT2D eigenvalue weighted by Crippen LogP contribution is -2.26. The molecule has 11 heteroatoms. The van der Waals surface area contributed by atoms with Crippen molar-refractivity contribution in [1.29, 1.82) is 0 Å². The fourth-order valence-electron chi connectivity index (χ4n) is 3.24. The van der Waals surface area contributed by atoms with E-state index >= 15 is 0 Å². The number of rotatable bonds is 7. The van der Waals surface area contributed by atoms with E-state index in [1.54, 1.807) is 25.3 Å². The molecule has 2 aromatic carbocycles. The van der Waals surface area contributed by atoms with Crippen molar-refractivity contribution in [2.45, 2.75) is 6.42 Å². The highest BCUT2D eigenvalue weighted by molar-refractivity contribution is 7.93. The molecule has 1 aliphatic rings. The Kier molecular flexibility index (Phi) is 7.31. The van der Waals surface area contributed by atoms with Crippen LogP contribution in [-0.4, -0.2) is 53.9 Å². The number of amides is 1. The predicted octanol–water partition coefficient (Wildman–Crippen LogP) is 4.01. The molecule has 1 N–H and O–H groups in total. The van der Waals surface area contributed by atoms with Crippen LogP contribution in [0.2, 0.25) is 10.0 Å². The lowest BCUT2D eigenvalue weighted by atomic mass is 10.1. The quantitative estimate of drug-likeness (QED) is 0.635. The zero-order chi connectivity index (χ0) is 22.8. The topological polar surface area (TPSA) is 79.0 Å². The summed E-state index contributed by atoms with van der Waals surface area (Å²) in [5, 5.41) is 2.66. The first-order chi connectivity index (χ1) is 14.6. The number of methoxy groups -OCH3 is 1. The van der Waals surface area contributed by atoms with Crippen LogP contribution in [0.4, 0.5) is 21.5 Å². The molecule has 0 atom stereocenters. The van der Waals surface area contributed by atoms with Gasteiger partial charge in [0.15, 0.2) is 0 Å². The molecule has 1 saturated heterocycles. The predicted molar refractivity (Wildman–Crippen MR) is 122 cm³/mol. The van der Waals surface area contributed by atoms with Crippen molar-refractivity contribution in [2.75, 3.05) is 54.1 Å². The van der Waals surface area contributed by atoms with Crippen LogP contribution < -0.4 is 14.5 Å². The third-order valence-electron chi connectivity index (χ3n) is 4.86. The van der Waals surface area contributed by atoms with Crippen molar-refractivity contribution in [3.63, 3.8) is 0 Å². The molecule has 1 amide bonds. The SMILES string of the molecule is COCCN(C)c1cc(Cl)cc(NC(=O)c2cc(N3CCCS3(=O)=O)cc(F)c2Cl)c1. The summed E-state index contributed by atoms with van der Waals surface area (Å²) in [4.78, 5) is 14.8. The molecule has 0 radical (unpaired) electrons. The van der Waals surface area contributed by atoms with Gasteiger partial charge in [-0.15, -0.1) is 0 Å². The number of nitrogens with zero attached hydrogens (tertiary/aromatic N) is 2. The van der Waals surface area contributed by atoms with E-state index in [9.17, 15) is 17.6 Å². The van der Waals surface area contributed by atoms with Gasteiger partial charge in [0, 0.05) is 43.6 Å². The highest BCUT2D eigenvalue weighted by Crippen LogP contribution is 2.32. The molecular weight excluding hydrogens is 468 g/mol. The van der Waals surface area contributed by atoms with Crippen molar-refractivity contribution in [1.82, 2.24) is 0 Å². The molecule has 0 saturated carbocycles. The van der Waals surface area contributed by atoms with Crippen LogP contribution in [0.25, 0.3) is 0 Å². The molecule has 0 bridgehead atoms. The van der Waals surface area contributed by atoms with Crippen LogP contribution in [-0.2, 0) is 14.8 Å². The molecule has 168 valence electrons. The van der Waals surface area contributed by atoms with E-state index in [1.165, 1.54) is 6.07 Å². The third-order valence-corrected chi connectivity index (χ3v) is 7.33. The summed E-state index contributed by atoms with van der Waals surface area (Å²) < 4.78 is 45.0. The minimum atomic E-state index is -3.54. The highest BCUT2D eigenvalue weighted by atomic mass is 35.5. The maximum Gasteiger partial charge on any atom is 0.257 e. The van der Waals surface area contributed by atoms with E-state index in [0.717, 1.165) is 16.1 Å². The maximum absolute atomic E-state index is 14.4. The number of sulfonamides is 1. The Morgan fingerprint density at radius 1 is 1.26 bits per heavy atom. The first kappa shape index (κ1) is 23.6. The molecular formula is C20H22Cl2FN3O4S. The minimum Gasteiger partial charge on any atom is -0.383 e. The molecule has 0 spiro atoms. The van der Waals surface area contributed by atoms with Crippen LogP contribution in [0.5, 0.6) is 0 Å². The van der Waals surface area contributed by atoms with Gasteiger partial charge in [-0.2, -0.15) is 0 Å². The van der Waals surface area contributed by atoms with Crippen molar-refractivity contribution < 1.29 is 22.3 Å². The van der Waals surface area contributed by atoms with Gasteiger partial charge in [-0.05, 0) is 36.8 Å². The summed E-state index contributed by atoms with van der Waals surface area (Å²) in [5.41, 5.74) is 1.02. The lowest BCUT2D eigenvalue weighted by molar-refractivity contribution is 0.102. The van der Waals surface area contributed by atoms with Crippen molar-refractivity contribution >= 4 is 56.2 Å². The summed E-state index contributed by atoms with van der Waals surface area (Å²) in [6.07, 6.45) is 0.427. The minimum absolute atomic E-state index is 0.0271. The van der Waals surface area contributed by atoms with Gasteiger partial charge in [-0.1, -0.05) is 23.2 Å². The Balaban J connectivity index is 1.89. The first-order valence-corrected chi connectivity index (χ1v) is 11.8. The van der Waals surface area contributed by atoms with E-state index in [4.69, 9.17) is 27.9 Å². The number of ether oxygens (including phenoxy) is 1. The number of carbonyl (C=O) groups excluding carboxylic acids is 1. The lowest BCUT2D eigenvalue weighted by Gasteiger charge is -2.21. The number of benzene rings is 2. The Morgan fingerprint density at radius 2 is 2.00 bits per heavy atom. The van der Waals surface area contributed by atoms with Crippen LogP contribution in [0.15, 0.2) is 30.3 Å². The van der Waals surface area contributed by atoms with Crippen LogP contribution in [0, 0.1) is 5.82 Å². The summed E-state index contributed by atoms with van der Waals surface area (Å²) in [5.74, 6) is -1.59. The molecule has 2 aromatic rings. The normalized spacial score (nSPS) is 15.2. The van der Waals surface area contributed by atoms with E-state index in [2.05, 4.69) is 5.32 Å². The molecule has 0 unspecified atom stereocenters. The van der Waals surface area contributed by atoms with Crippen molar-refractivity contribution in [3.05, 3.63) is 51.8 Å². The summed E-state index contributed by atoms with van der Waals surface area (Å²) in [7, 11) is -0.0922. The Hall–Kier alpha value is -2.07. The molecule has 31 heavy (non-hydrogen) atoms.